The second-order valence-electron chi connectivity index (χ2n) is 6.99. The lowest BCUT2D eigenvalue weighted by atomic mass is 9.89. The zero-order valence-electron chi connectivity index (χ0n) is 15.9. The molecule has 0 spiro atoms. The molecule has 1 aliphatic rings. The van der Waals surface area contributed by atoms with Crippen LogP contribution in [0.2, 0.25) is 5.02 Å². The van der Waals surface area contributed by atoms with Gasteiger partial charge in [-0.25, -0.2) is 8.42 Å². The summed E-state index contributed by atoms with van der Waals surface area (Å²) in [5, 5.41) is 0.442. The van der Waals surface area contributed by atoms with Crippen molar-refractivity contribution in [2.45, 2.75) is 17.5 Å². The molecule has 2 atom stereocenters. The molecule has 1 heterocycles. The van der Waals surface area contributed by atoms with Crippen LogP contribution in [-0.4, -0.2) is 13.9 Å². The van der Waals surface area contributed by atoms with Crippen molar-refractivity contribution in [1.29, 1.82) is 0 Å². The van der Waals surface area contributed by atoms with Crippen LogP contribution in [-0.2, 0) is 14.6 Å². The van der Waals surface area contributed by atoms with Gasteiger partial charge in [-0.1, -0.05) is 84.4 Å². The number of rotatable bonds is 4. The van der Waals surface area contributed by atoms with Crippen molar-refractivity contribution in [2.75, 3.05) is 0 Å². The van der Waals surface area contributed by atoms with E-state index in [0.29, 0.717) is 16.1 Å². The maximum Gasteiger partial charge on any atom is 0.501 e. The van der Waals surface area contributed by atoms with Gasteiger partial charge in [0, 0.05) is 10.6 Å². The normalized spacial score (nSPS) is 19.4. The summed E-state index contributed by atoms with van der Waals surface area (Å²) >= 11 is 5.96. The summed E-state index contributed by atoms with van der Waals surface area (Å²) in [6.45, 7) is 0. The maximum absolute atomic E-state index is 13.8. The van der Waals surface area contributed by atoms with Crippen LogP contribution in [0.25, 0.3) is 5.76 Å². The Morgan fingerprint density at radius 2 is 1.32 bits per heavy atom. The fourth-order valence-corrected chi connectivity index (χ4v) is 5.02. The van der Waals surface area contributed by atoms with Crippen LogP contribution in [0.4, 0.5) is 13.2 Å². The third kappa shape index (κ3) is 3.95. The first-order valence-corrected chi connectivity index (χ1v) is 11.1. The van der Waals surface area contributed by atoms with Crippen molar-refractivity contribution in [3.8, 4) is 0 Å². The van der Waals surface area contributed by atoms with Gasteiger partial charge in [0.2, 0.25) is 0 Å². The molecule has 1 aliphatic heterocycles. The Morgan fingerprint density at radius 1 is 0.774 bits per heavy atom. The molecule has 0 amide bonds. The lowest BCUT2D eigenvalue weighted by Crippen LogP contribution is -2.28. The van der Waals surface area contributed by atoms with Crippen molar-refractivity contribution < 1.29 is 26.3 Å². The van der Waals surface area contributed by atoms with Crippen molar-refractivity contribution in [3.63, 3.8) is 0 Å². The number of ether oxygens (including phenoxy) is 1. The largest absolute Gasteiger partial charge is 0.501 e. The molecule has 31 heavy (non-hydrogen) atoms. The van der Waals surface area contributed by atoms with E-state index in [9.17, 15) is 21.6 Å². The van der Waals surface area contributed by atoms with E-state index in [4.69, 9.17) is 16.3 Å². The minimum absolute atomic E-state index is 0.253. The predicted molar refractivity (Wildman–Crippen MR) is 113 cm³/mol. The number of hydrogen-bond donors (Lipinski definition) is 0. The average Bonchev–Trinajstić information content (AvgIpc) is 3.16. The predicted octanol–water partition coefficient (Wildman–Crippen LogP) is 6.50. The fourth-order valence-electron chi connectivity index (χ4n) is 3.64. The molecule has 3 aromatic rings. The highest BCUT2D eigenvalue weighted by atomic mass is 35.5. The highest BCUT2D eigenvalue weighted by Gasteiger charge is 2.56. The number of halogens is 4. The Bertz CT molecular complexity index is 1210. The first kappa shape index (κ1) is 21.5. The van der Waals surface area contributed by atoms with Crippen LogP contribution in [0.5, 0.6) is 0 Å². The van der Waals surface area contributed by atoms with E-state index in [0.717, 1.165) is 0 Å². The molecular formula is C23H16ClF3O3S. The maximum atomic E-state index is 13.8. The molecule has 0 unspecified atom stereocenters. The van der Waals surface area contributed by atoms with Gasteiger partial charge in [-0.15, -0.1) is 0 Å². The zero-order valence-corrected chi connectivity index (χ0v) is 17.5. The second-order valence-corrected chi connectivity index (χ2v) is 9.33. The van der Waals surface area contributed by atoms with Crippen LogP contribution in [0.15, 0.2) is 89.8 Å². The highest BCUT2D eigenvalue weighted by molar-refractivity contribution is 7.96. The summed E-state index contributed by atoms with van der Waals surface area (Å²) in [6.07, 6.45) is -0.984. The topological polar surface area (TPSA) is 43.4 Å². The summed E-state index contributed by atoms with van der Waals surface area (Å²) in [6, 6.07) is 22.5. The van der Waals surface area contributed by atoms with Gasteiger partial charge < -0.3 is 4.74 Å². The molecule has 0 bridgehead atoms. The van der Waals surface area contributed by atoms with Gasteiger partial charge in [-0.2, -0.15) is 13.2 Å². The molecule has 0 N–H and O–H groups in total. The van der Waals surface area contributed by atoms with Crippen molar-refractivity contribution in [3.05, 3.63) is 112 Å². The van der Waals surface area contributed by atoms with E-state index in [1.54, 1.807) is 72.8 Å². The lowest BCUT2D eigenvalue weighted by molar-refractivity contribution is -0.0427. The molecule has 0 saturated carbocycles. The van der Waals surface area contributed by atoms with Gasteiger partial charge in [0.1, 0.15) is 16.8 Å². The van der Waals surface area contributed by atoms with E-state index in [1.165, 1.54) is 12.1 Å². The second kappa shape index (κ2) is 8.05. The van der Waals surface area contributed by atoms with Gasteiger partial charge in [0.05, 0.1) is 5.92 Å². The molecule has 0 aromatic heterocycles. The third-order valence-corrected chi connectivity index (χ3v) is 6.92. The van der Waals surface area contributed by atoms with Gasteiger partial charge in [-0.3, -0.25) is 0 Å². The SMILES string of the molecule is O=S(=O)(C1=C(c2ccccc2)O[C@@H](c2ccc(Cl)cc2)[C@@H]1c1ccccc1)C(F)(F)F. The molecule has 3 aromatic carbocycles. The Kier molecular flexibility index (Phi) is 5.58. The summed E-state index contributed by atoms with van der Waals surface area (Å²) < 4.78 is 72.8. The smallest absolute Gasteiger partial charge is 0.483 e. The van der Waals surface area contributed by atoms with E-state index >= 15 is 0 Å². The van der Waals surface area contributed by atoms with Crippen LogP contribution >= 0.6 is 11.6 Å². The van der Waals surface area contributed by atoms with Crippen molar-refractivity contribution in [2.24, 2.45) is 0 Å². The number of hydrogen-bond acceptors (Lipinski definition) is 3. The first-order chi connectivity index (χ1) is 14.7. The molecule has 4 rings (SSSR count). The minimum atomic E-state index is -5.69. The van der Waals surface area contributed by atoms with Crippen molar-refractivity contribution in [1.82, 2.24) is 0 Å². The average molecular weight is 465 g/mol. The van der Waals surface area contributed by atoms with Gasteiger partial charge in [-0.05, 0) is 23.3 Å². The quantitative estimate of drug-likeness (QED) is 0.442. The first-order valence-electron chi connectivity index (χ1n) is 9.28. The standard InChI is InChI=1S/C23H16ClF3O3S/c24-18-13-11-17(12-14-18)20-19(15-7-3-1-4-8-15)22(31(28,29)23(25,26)27)21(30-20)16-9-5-2-6-10-16/h1-14,19-20H/t19-,20-/m0/s1. The van der Waals surface area contributed by atoms with E-state index in [2.05, 4.69) is 0 Å². The van der Waals surface area contributed by atoms with Crippen LogP contribution in [0.1, 0.15) is 28.7 Å². The van der Waals surface area contributed by atoms with Gasteiger partial charge in [0.15, 0.2) is 0 Å². The van der Waals surface area contributed by atoms with Crippen LogP contribution in [0.3, 0.4) is 0 Å². The molecule has 160 valence electrons. The van der Waals surface area contributed by atoms with Gasteiger partial charge >= 0.3 is 5.51 Å². The monoisotopic (exact) mass is 464 g/mol. The Balaban J connectivity index is 2.00. The number of alkyl halides is 3. The van der Waals surface area contributed by atoms with Crippen LogP contribution in [0, 0.1) is 0 Å². The lowest BCUT2D eigenvalue weighted by Gasteiger charge is -2.22. The molecule has 3 nitrogen and oxygen atoms in total. The molecule has 8 heteroatoms. The highest BCUT2D eigenvalue weighted by Crippen LogP contribution is 2.54. The van der Waals surface area contributed by atoms with E-state index in [-0.39, 0.29) is 11.3 Å². The van der Waals surface area contributed by atoms with Gasteiger partial charge in [0.25, 0.3) is 9.84 Å². The Morgan fingerprint density at radius 3 is 1.87 bits per heavy atom. The van der Waals surface area contributed by atoms with E-state index in [1.807, 2.05) is 0 Å². The molecule has 0 fully saturated rings. The fraction of sp³-hybridized carbons (Fsp3) is 0.130. The van der Waals surface area contributed by atoms with Crippen molar-refractivity contribution >= 4 is 27.2 Å². The molecule has 0 aliphatic carbocycles. The summed E-state index contributed by atoms with van der Waals surface area (Å²) in [5.41, 5.74) is -4.31. The third-order valence-electron chi connectivity index (χ3n) is 5.04. The minimum Gasteiger partial charge on any atom is -0.483 e. The molecule has 0 radical (unpaired) electrons. The molecular weight excluding hydrogens is 449 g/mol. The number of sulfone groups is 1. The number of benzene rings is 3. The van der Waals surface area contributed by atoms with Crippen LogP contribution < -0.4 is 0 Å². The van der Waals surface area contributed by atoms with E-state index < -0.39 is 32.3 Å². The summed E-state index contributed by atoms with van der Waals surface area (Å²) in [7, 11) is -5.69. The Labute approximate surface area is 182 Å². The molecule has 0 saturated heterocycles. The zero-order chi connectivity index (χ0) is 22.2. The Hall–Kier alpha value is -2.77. The summed E-state index contributed by atoms with van der Waals surface area (Å²) in [5.74, 6) is -1.49. The summed E-state index contributed by atoms with van der Waals surface area (Å²) in [4.78, 5) is -0.794.